The highest BCUT2D eigenvalue weighted by Gasteiger charge is 2.00. The molecular weight excluding hydrogens is 178 g/mol. The van der Waals surface area contributed by atoms with Gasteiger partial charge in [0, 0.05) is 17.5 Å². The molecule has 0 heterocycles. The molecule has 0 aliphatic heterocycles. The molecule has 13 heavy (non-hydrogen) atoms. The molecule has 1 nitrogen and oxygen atoms in total. The van der Waals surface area contributed by atoms with E-state index in [-0.39, 0.29) is 0 Å². The van der Waals surface area contributed by atoms with Crippen molar-refractivity contribution >= 4 is 11.8 Å². The average Bonchev–Trinajstić information content (AvgIpc) is 2.15. The molecule has 0 aliphatic rings. The van der Waals surface area contributed by atoms with E-state index in [0.29, 0.717) is 6.04 Å². The molecule has 0 bridgehead atoms. The van der Waals surface area contributed by atoms with Crippen LogP contribution in [0.1, 0.15) is 19.4 Å². The highest BCUT2D eigenvalue weighted by Crippen LogP contribution is 2.19. The van der Waals surface area contributed by atoms with E-state index in [4.69, 9.17) is 0 Å². The van der Waals surface area contributed by atoms with Crippen molar-refractivity contribution in [1.82, 2.24) is 5.32 Å². The van der Waals surface area contributed by atoms with Gasteiger partial charge in [-0.2, -0.15) is 0 Å². The summed E-state index contributed by atoms with van der Waals surface area (Å²) in [5.74, 6) is 0. The Bertz CT molecular complexity index is 258. The molecule has 1 rings (SSSR count). The molecule has 1 aromatic rings. The predicted molar refractivity (Wildman–Crippen MR) is 60.2 cm³/mol. The number of rotatable bonds is 4. The van der Waals surface area contributed by atoms with E-state index in [1.54, 1.807) is 0 Å². The fourth-order valence-electron chi connectivity index (χ4n) is 1.16. The van der Waals surface area contributed by atoms with E-state index >= 15 is 0 Å². The standard InChI is InChI=1S/C11H17NS/c1-9(2)12-8-10-6-4-5-7-11(10)13-3/h4-7,9,12H,8H2,1-3H3. The molecule has 0 spiro atoms. The van der Waals surface area contributed by atoms with Crippen LogP contribution in [-0.4, -0.2) is 12.3 Å². The Kier molecular flexibility index (Phi) is 4.33. The summed E-state index contributed by atoms with van der Waals surface area (Å²) in [5, 5.41) is 3.42. The lowest BCUT2D eigenvalue weighted by atomic mass is 10.2. The third kappa shape index (κ3) is 3.41. The predicted octanol–water partition coefficient (Wildman–Crippen LogP) is 2.91. The minimum absolute atomic E-state index is 0.551. The van der Waals surface area contributed by atoms with Gasteiger partial charge in [-0.1, -0.05) is 32.0 Å². The molecule has 0 aromatic heterocycles. The van der Waals surface area contributed by atoms with E-state index in [0.717, 1.165) is 6.54 Å². The highest BCUT2D eigenvalue weighted by molar-refractivity contribution is 7.98. The maximum Gasteiger partial charge on any atom is 0.0218 e. The molecule has 0 fully saturated rings. The van der Waals surface area contributed by atoms with Crippen molar-refractivity contribution in [3.63, 3.8) is 0 Å². The first kappa shape index (κ1) is 10.6. The zero-order valence-corrected chi connectivity index (χ0v) is 9.32. The summed E-state index contributed by atoms with van der Waals surface area (Å²) in [6.45, 7) is 5.30. The van der Waals surface area contributed by atoms with Crippen LogP contribution in [0.5, 0.6) is 0 Å². The van der Waals surface area contributed by atoms with Crippen LogP contribution in [0.15, 0.2) is 29.2 Å². The molecule has 72 valence electrons. The first-order valence-electron chi connectivity index (χ1n) is 4.59. The Morgan fingerprint density at radius 1 is 1.31 bits per heavy atom. The lowest BCUT2D eigenvalue weighted by molar-refractivity contribution is 0.585. The number of hydrogen-bond donors (Lipinski definition) is 1. The normalized spacial score (nSPS) is 10.8. The van der Waals surface area contributed by atoms with Crippen LogP contribution in [0.4, 0.5) is 0 Å². The fraction of sp³-hybridized carbons (Fsp3) is 0.455. The first-order valence-corrected chi connectivity index (χ1v) is 5.81. The zero-order valence-electron chi connectivity index (χ0n) is 8.50. The number of nitrogens with one attached hydrogen (secondary N) is 1. The van der Waals surface area contributed by atoms with Gasteiger partial charge in [0.1, 0.15) is 0 Å². The van der Waals surface area contributed by atoms with Gasteiger partial charge in [0.15, 0.2) is 0 Å². The third-order valence-electron chi connectivity index (χ3n) is 1.89. The Labute approximate surface area is 84.9 Å². The summed E-state index contributed by atoms with van der Waals surface area (Å²) in [5.41, 5.74) is 1.39. The smallest absolute Gasteiger partial charge is 0.0218 e. The molecule has 0 saturated heterocycles. The topological polar surface area (TPSA) is 12.0 Å². The lowest BCUT2D eigenvalue weighted by Gasteiger charge is -2.10. The van der Waals surface area contributed by atoms with Gasteiger partial charge in [-0.25, -0.2) is 0 Å². The Morgan fingerprint density at radius 3 is 2.62 bits per heavy atom. The largest absolute Gasteiger partial charge is 0.310 e. The second kappa shape index (κ2) is 5.30. The van der Waals surface area contributed by atoms with Crippen molar-refractivity contribution in [2.24, 2.45) is 0 Å². The van der Waals surface area contributed by atoms with Crippen molar-refractivity contribution < 1.29 is 0 Å². The van der Waals surface area contributed by atoms with Gasteiger partial charge in [-0.05, 0) is 17.9 Å². The van der Waals surface area contributed by atoms with Gasteiger partial charge in [-0.15, -0.1) is 11.8 Å². The summed E-state index contributed by atoms with van der Waals surface area (Å²) in [7, 11) is 0. The summed E-state index contributed by atoms with van der Waals surface area (Å²) in [6, 6.07) is 9.08. The Balaban J connectivity index is 2.64. The lowest BCUT2D eigenvalue weighted by Crippen LogP contribution is -2.22. The maximum atomic E-state index is 3.42. The monoisotopic (exact) mass is 195 g/mol. The van der Waals surface area contributed by atoms with Gasteiger partial charge >= 0.3 is 0 Å². The second-order valence-corrected chi connectivity index (χ2v) is 4.20. The van der Waals surface area contributed by atoms with Crippen LogP contribution in [0.2, 0.25) is 0 Å². The maximum absolute atomic E-state index is 3.42. The van der Waals surface area contributed by atoms with Crippen molar-refractivity contribution in [3.05, 3.63) is 29.8 Å². The zero-order chi connectivity index (χ0) is 9.68. The summed E-state index contributed by atoms with van der Waals surface area (Å²) < 4.78 is 0. The molecule has 0 radical (unpaired) electrons. The van der Waals surface area contributed by atoms with E-state index in [1.165, 1.54) is 10.5 Å². The van der Waals surface area contributed by atoms with Gasteiger partial charge in [0.2, 0.25) is 0 Å². The molecule has 1 aromatic carbocycles. The van der Waals surface area contributed by atoms with Crippen LogP contribution < -0.4 is 5.32 Å². The first-order chi connectivity index (χ1) is 6.24. The molecule has 0 amide bonds. The van der Waals surface area contributed by atoms with Gasteiger partial charge in [0.25, 0.3) is 0 Å². The van der Waals surface area contributed by atoms with Crippen LogP contribution in [0, 0.1) is 0 Å². The van der Waals surface area contributed by atoms with E-state index < -0.39 is 0 Å². The SMILES string of the molecule is CSc1ccccc1CNC(C)C. The van der Waals surface area contributed by atoms with Crippen LogP contribution >= 0.6 is 11.8 Å². The summed E-state index contributed by atoms with van der Waals surface area (Å²) in [6.07, 6.45) is 2.12. The minimum Gasteiger partial charge on any atom is -0.310 e. The molecule has 0 atom stereocenters. The van der Waals surface area contributed by atoms with Gasteiger partial charge < -0.3 is 5.32 Å². The highest BCUT2D eigenvalue weighted by atomic mass is 32.2. The van der Waals surface area contributed by atoms with Crippen molar-refractivity contribution in [2.75, 3.05) is 6.26 Å². The van der Waals surface area contributed by atoms with Crippen molar-refractivity contribution in [2.45, 2.75) is 31.3 Å². The molecule has 0 unspecified atom stereocenters. The molecule has 0 aliphatic carbocycles. The number of hydrogen-bond acceptors (Lipinski definition) is 2. The second-order valence-electron chi connectivity index (χ2n) is 3.35. The van der Waals surface area contributed by atoms with Gasteiger partial charge in [0.05, 0.1) is 0 Å². The fourth-order valence-corrected chi connectivity index (χ4v) is 1.78. The average molecular weight is 195 g/mol. The quantitative estimate of drug-likeness (QED) is 0.741. The molecular formula is C11H17NS. The molecule has 0 saturated carbocycles. The van der Waals surface area contributed by atoms with Gasteiger partial charge in [-0.3, -0.25) is 0 Å². The van der Waals surface area contributed by atoms with Crippen molar-refractivity contribution in [1.29, 1.82) is 0 Å². The number of benzene rings is 1. The Morgan fingerprint density at radius 2 is 2.00 bits per heavy atom. The van der Waals surface area contributed by atoms with Crippen LogP contribution in [-0.2, 0) is 6.54 Å². The number of thioether (sulfide) groups is 1. The third-order valence-corrected chi connectivity index (χ3v) is 2.73. The minimum atomic E-state index is 0.551. The van der Waals surface area contributed by atoms with Crippen LogP contribution in [0.25, 0.3) is 0 Å². The molecule has 1 N–H and O–H groups in total. The van der Waals surface area contributed by atoms with Crippen molar-refractivity contribution in [3.8, 4) is 0 Å². The molecule has 2 heteroatoms. The Hall–Kier alpha value is -0.470. The summed E-state index contributed by atoms with van der Waals surface area (Å²) in [4.78, 5) is 1.37. The van der Waals surface area contributed by atoms with E-state index in [2.05, 4.69) is 49.7 Å². The van der Waals surface area contributed by atoms with Crippen LogP contribution in [0.3, 0.4) is 0 Å². The summed E-state index contributed by atoms with van der Waals surface area (Å²) >= 11 is 1.81. The van der Waals surface area contributed by atoms with E-state index in [1.807, 2.05) is 11.8 Å². The van der Waals surface area contributed by atoms with E-state index in [9.17, 15) is 0 Å².